The standard InChI is InChI=1S/C13H20BrNO2S2/c1-10-9-11(18-12(10)14)19(16,17)15-7-4-5-13(2,3)6-8-15/h9H,4-8H2,1-3H3. The minimum Gasteiger partial charge on any atom is -0.206 e. The van der Waals surface area contributed by atoms with Crippen LogP contribution < -0.4 is 0 Å². The zero-order chi connectivity index (χ0) is 14.3. The molecule has 2 rings (SSSR count). The van der Waals surface area contributed by atoms with Crippen LogP contribution in [0.3, 0.4) is 0 Å². The van der Waals surface area contributed by atoms with Gasteiger partial charge in [0.15, 0.2) is 0 Å². The van der Waals surface area contributed by atoms with Gasteiger partial charge in [0.1, 0.15) is 4.21 Å². The number of aryl methyl sites for hydroxylation is 1. The molecule has 0 bridgehead atoms. The Bertz CT molecular complexity index is 544. The highest BCUT2D eigenvalue weighted by Crippen LogP contribution is 2.35. The molecule has 0 radical (unpaired) electrons. The van der Waals surface area contributed by atoms with E-state index >= 15 is 0 Å². The SMILES string of the molecule is Cc1cc(S(=O)(=O)N2CCCC(C)(C)CC2)sc1Br. The van der Waals surface area contributed by atoms with Crippen LogP contribution >= 0.6 is 27.3 Å². The van der Waals surface area contributed by atoms with Crippen LogP contribution in [0.15, 0.2) is 14.1 Å². The van der Waals surface area contributed by atoms with Gasteiger partial charge in [0, 0.05) is 13.1 Å². The molecule has 3 nitrogen and oxygen atoms in total. The number of thiophene rings is 1. The molecule has 0 spiro atoms. The monoisotopic (exact) mass is 365 g/mol. The van der Waals surface area contributed by atoms with E-state index in [-0.39, 0.29) is 5.41 Å². The normalized spacial score (nSPS) is 21.3. The molecule has 2 heterocycles. The minimum atomic E-state index is -3.32. The summed E-state index contributed by atoms with van der Waals surface area (Å²) in [5, 5.41) is 0. The lowest BCUT2D eigenvalue weighted by atomic mass is 9.85. The fourth-order valence-electron chi connectivity index (χ4n) is 2.32. The van der Waals surface area contributed by atoms with Crippen LogP contribution in [0.25, 0.3) is 0 Å². The smallest absolute Gasteiger partial charge is 0.206 e. The molecular formula is C13H20BrNO2S2. The van der Waals surface area contributed by atoms with Crippen LogP contribution in [-0.2, 0) is 10.0 Å². The van der Waals surface area contributed by atoms with E-state index in [4.69, 9.17) is 0 Å². The summed E-state index contributed by atoms with van der Waals surface area (Å²) in [6, 6.07) is 1.76. The molecule has 0 aromatic carbocycles. The molecule has 1 aromatic rings. The highest BCUT2D eigenvalue weighted by atomic mass is 79.9. The third kappa shape index (κ3) is 3.40. The summed E-state index contributed by atoms with van der Waals surface area (Å²) in [6.07, 6.45) is 2.96. The van der Waals surface area contributed by atoms with E-state index < -0.39 is 10.0 Å². The maximum atomic E-state index is 12.6. The van der Waals surface area contributed by atoms with Crippen LogP contribution in [0.5, 0.6) is 0 Å². The lowest BCUT2D eigenvalue weighted by molar-refractivity contribution is 0.315. The van der Waals surface area contributed by atoms with E-state index in [1.165, 1.54) is 11.3 Å². The maximum absolute atomic E-state index is 12.6. The average molecular weight is 366 g/mol. The molecule has 1 aliphatic rings. The summed E-state index contributed by atoms with van der Waals surface area (Å²) in [5.74, 6) is 0. The Morgan fingerprint density at radius 3 is 2.58 bits per heavy atom. The lowest BCUT2D eigenvalue weighted by Crippen LogP contribution is -2.32. The average Bonchev–Trinajstić information content (AvgIpc) is 2.54. The quantitative estimate of drug-likeness (QED) is 0.793. The molecule has 0 aliphatic carbocycles. The molecule has 6 heteroatoms. The number of hydrogen-bond acceptors (Lipinski definition) is 3. The zero-order valence-corrected chi connectivity index (χ0v) is 14.8. The molecule has 0 atom stereocenters. The van der Waals surface area contributed by atoms with Crippen molar-refractivity contribution in [2.75, 3.05) is 13.1 Å². The number of hydrogen-bond donors (Lipinski definition) is 0. The summed E-state index contributed by atoms with van der Waals surface area (Å²) in [7, 11) is -3.32. The molecule has 1 aliphatic heterocycles. The van der Waals surface area contributed by atoms with E-state index in [0.29, 0.717) is 17.3 Å². The van der Waals surface area contributed by atoms with Gasteiger partial charge in [0.05, 0.1) is 3.79 Å². The Balaban J connectivity index is 2.25. The number of halogens is 1. The Labute approximate surface area is 128 Å². The largest absolute Gasteiger partial charge is 0.252 e. The van der Waals surface area contributed by atoms with Crippen molar-refractivity contribution in [2.24, 2.45) is 5.41 Å². The van der Waals surface area contributed by atoms with Crippen molar-refractivity contribution in [2.45, 2.75) is 44.2 Å². The van der Waals surface area contributed by atoms with E-state index in [2.05, 4.69) is 29.8 Å². The third-order valence-corrected chi connectivity index (χ3v) is 8.21. The van der Waals surface area contributed by atoms with Gasteiger partial charge in [0.2, 0.25) is 0 Å². The van der Waals surface area contributed by atoms with Crippen molar-refractivity contribution >= 4 is 37.3 Å². The summed E-state index contributed by atoms with van der Waals surface area (Å²) in [5.41, 5.74) is 1.23. The molecule has 1 fully saturated rings. The van der Waals surface area contributed by atoms with Crippen molar-refractivity contribution in [1.82, 2.24) is 4.31 Å². The van der Waals surface area contributed by atoms with Gasteiger partial charge in [-0.3, -0.25) is 0 Å². The Kier molecular flexibility index (Phi) is 4.45. The second-order valence-corrected chi connectivity index (χ2v) is 10.5. The topological polar surface area (TPSA) is 37.4 Å². The van der Waals surface area contributed by atoms with Gasteiger partial charge in [-0.15, -0.1) is 11.3 Å². The Hall–Kier alpha value is 0.0900. The van der Waals surface area contributed by atoms with Gasteiger partial charge >= 0.3 is 0 Å². The van der Waals surface area contributed by atoms with Crippen molar-refractivity contribution in [1.29, 1.82) is 0 Å². The first kappa shape index (κ1) is 15.5. The molecule has 0 saturated carbocycles. The maximum Gasteiger partial charge on any atom is 0.252 e. The highest BCUT2D eigenvalue weighted by Gasteiger charge is 2.31. The number of rotatable bonds is 2. The Morgan fingerprint density at radius 2 is 2.00 bits per heavy atom. The first-order valence-corrected chi connectivity index (χ1v) is 9.53. The first-order valence-electron chi connectivity index (χ1n) is 6.48. The number of nitrogens with zero attached hydrogens (tertiary/aromatic N) is 1. The predicted octanol–water partition coefficient (Wildman–Crippen LogP) is 4.02. The van der Waals surface area contributed by atoms with Crippen LogP contribution in [-0.4, -0.2) is 25.8 Å². The van der Waals surface area contributed by atoms with Crippen molar-refractivity contribution in [3.63, 3.8) is 0 Å². The predicted molar refractivity (Wildman–Crippen MR) is 83.1 cm³/mol. The van der Waals surface area contributed by atoms with E-state index in [9.17, 15) is 8.42 Å². The van der Waals surface area contributed by atoms with E-state index in [1.807, 2.05) is 6.92 Å². The van der Waals surface area contributed by atoms with Crippen LogP contribution in [0.2, 0.25) is 0 Å². The first-order chi connectivity index (χ1) is 8.72. The molecular weight excluding hydrogens is 346 g/mol. The lowest BCUT2D eigenvalue weighted by Gasteiger charge is -2.22. The molecule has 19 heavy (non-hydrogen) atoms. The van der Waals surface area contributed by atoms with Gasteiger partial charge in [-0.2, -0.15) is 4.31 Å². The molecule has 0 amide bonds. The van der Waals surface area contributed by atoms with Gasteiger partial charge in [-0.25, -0.2) is 8.42 Å². The summed E-state index contributed by atoms with van der Waals surface area (Å²) in [4.78, 5) is 0. The fourth-order valence-corrected chi connectivity index (χ4v) is 6.18. The zero-order valence-electron chi connectivity index (χ0n) is 11.6. The Morgan fingerprint density at radius 1 is 1.32 bits per heavy atom. The van der Waals surface area contributed by atoms with Gasteiger partial charge in [-0.1, -0.05) is 13.8 Å². The second-order valence-electron chi connectivity index (χ2n) is 5.94. The number of sulfonamides is 1. The molecule has 108 valence electrons. The summed E-state index contributed by atoms with van der Waals surface area (Å²) in [6.45, 7) is 7.62. The van der Waals surface area contributed by atoms with Gasteiger partial charge in [-0.05, 0) is 59.2 Å². The second kappa shape index (κ2) is 5.47. The van der Waals surface area contributed by atoms with Crippen molar-refractivity contribution in [3.8, 4) is 0 Å². The van der Waals surface area contributed by atoms with E-state index in [0.717, 1.165) is 28.6 Å². The fraction of sp³-hybridized carbons (Fsp3) is 0.692. The highest BCUT2D eigenvalue weighted by molar-refractivity contribution is 9.11. The third-order valence-electron chi connectivity index (χ3n) is 3.73. The van der Waals surface area contributed by atoms with Crippen LogP contribution in [0.4, 0.5) is 0 Å². The van der Waals surface area contributed by atoms with Crippen LogP contribution in [0.1, 0.15) is 38.7 Å². The van der Waals surface area contributed by atoms with Crippen molar-refractivity contribution < 1.29 is 8.42 Å². The van der Waals surface area contributed by atoms with Crippen LogP contribution in [0, 0.1) is 12.3 Å². The molecule has 1 saturated heterocycles. The summed E-state index contributed by atoms with van der Waals surface area (Å²) >= 11 is 4.71. The summed E-state index contributed by atoms with van der Waals surface area (Å²) < 4.78 is 28.3. The van der Waals surface area contributed by atoms with E-state index in [1.54, 1.807) is 10.4 Å². The molecule has 0 unspecified atom stereocenters. The van der Waals surface area contributed by atoms with Gasteiger partial charge in [0.25, 0.3) is 10.0 Å². The minimum absolute atomic E-state index is 0.246. The molecule has 0 N–H and O–H groups in total. The van der Waals surface area contributed by atoms with Gasteiger partial charge < -0.3 is 0 Å². The van der Waals surface area contributed by atoms with Crippen molar-refractivity contribution in [3.05, 3.63) is 15.4 Å². The molecule has 1 aromatic heterocycles.